The van der Waals surface area contributed by atoms with Crippen LogP contribution in [0.25, 0.3) is 66.1 Å². The molecule has 11 rings (SSSR count). The van der Waals surface area contributed by atoms with Gasteiger partial charge < -0.3 is 23.8 Å². The maximum absolute atomic E-state index is 6.96. The second-order valence-corrected chi connectivity index (χ2v) is 13.7. The van der Waals surface area contributed by atoms with Crippen molar-refractivity contribution >= 4 is 66.6 Å². The first-order valence-electron chi connectivity index (χ1n) is 18.2. The zero-order valence-electron chi connectivity index (χ0n) is 29.1. The zero-order valence-corrected chi connectivity index (χ0v) is 29.1. The molecule has 0 spiro atoms. The lowest BCUT2D eigenvalue weighted by atomic mass is 10.0. The zero-order chi connectivity index (χ0) is 35.6. The fourth-order valence-corrected chi connectivity index (χ4v) is 7.98. The van der Waals surface area contributed by atoms with Crippen LogP contribution in [0.4, 0.5) is 22.7 Å². The van der Waals surface area contributed by atoms with Crippen LogP contribution in [0, 0.1) is 0 Å². The molecule has 0 amide bonds. The van der Waals surface area contributed by atoms with Gasteiger partial charge >= 0.3 is 0 Å². The molecule has 5 nitrogen and oxygen atoms in total. The Bertz CT molecular complexity index is 3000. The molecule has 1 atom stereocenters. The summed E-state index contributed by atoms with van der Waals surface area (Å²) in [4.78, 5) is 2.28. The summed E-state index contributed by atoms with van der Waals surface area (Å²) in [5.41, 5.74) is 12.5. The van der Waals surface area contributed by atoms with Crippen molar-refractivity contribution in [2.24, 2.45) is 0 Å². The molecule has 0 bridgehead atoms. The van der Waals surface area contributed by atoms with E-state index in [1.54, 1.807) is 0 Å². The van der Waals surface area contributed by atoms with Crippen molar-refractivity contribution in [3.63, 3.8) is 0 Å². The van der Waals surface area contributed by atoms with Gasteiger partial charge in [-0.05, 0) is 53.1 Å². The van der Waals surface area contributed by atoms with Gasteiger partial charge in [-0.25, -0.2) is 0 Å². The lowest BCUT2D eigenvalue weighted by molar-refractivity contribution is 0.260. The number of benzene rings is 8. The fourth-order valence-electron chi connectivity index (χ4n) is 7.98. The smallest absolute Gasteiger partial charge is 0.196 e. The van der Waals surface area contributed by atoms with Crippen LogP contribution in [0.15, 0.2) is 191 Å². The van der Waals surface area contributed by atoms with Gasteiger partial charge in [0.1, 0.15) is 22.3 Å². The number of rotatable bonds is 6. The first-order chi connectivity index (χ1) is 26.8. The second kappa shape index (κ2) is 12.2. The number of fused-ring (bicyclic) bond motifs is 8. The molecular formula is C49H32N2O3. The number of nitrogens with one attached hydrogen (secondary N) is 1. The van der Waals surface area contributed by atoms with Crippen molar-refractivity contribution < 1.29 is 13.6 Å². The Kier molecular flexibility index (Phi) is 6.85. The summed E-state index contributed by atoms with van der Waals surface area (Å²) in [6.45, 7) is 0. The van der Waals surface area contributed by atoms with Crippen LogP contribution < -0.4 is 15.0 Å². The van der Waals surface area contributed by atoms with Gasteiger partial charge in [-0.15, -0.1) is 0 Å². The number of furan rings is 2. The summed E-state index contributed by atoms with van der Waals surface area (Å²) in [5.74, 6) is 0.764. The van der Waals surface area contributed by atoms with E-state index < -0.39 is 0 Å². The normalized spacial score (nSPS) is 13.7. The topological polar surface area (TPSA) is 50.8 Å². The van der Waals surface area contributed by atoms with Gasteiger partial charge in [-0.3, -0.25) is 0 Å². The molecule has 3 heterocycles. The Morgan fingerprint density at radius 1 is 0.463 bits per heavy atom. The molecule has 1 unspecified atom stereocenters. The van der Waals surface area contributed by atoms with E-state index in [9.17, 15) is 0 Å². The highest BCUT2D eigenvalue weighted by Gasteiger charge is 2.33. The lowest BCUT2D eigenvalue weighted by Gasteiger charge is -2.27. The highest BCUT2D eigenvalue weighted by Crippen LogP contribution is 2.54. The van der Waals surface area contributed by atoms with E-state index in [0.717, 1.165) is 94.6 Å². The third-order valence-electron chi connectivity index (χ3n) is 10.5. The minimum absolute atomic E-state index is 0.376. The molecule has 10 aromatic rings. The first kappa shape index (κ1) is 30.4. The van der Waals surface area contributed by atoms with Crippen molar-refractivity contribution in [3.05, 3.63) is 188 Å². The van der Waals surface area contributed by atoms with Gasteiger partial charge in [0, 0.05) is 44.7 Å². The minimum Gasteiger partial charge on any atom is -0.462 e. The van der Waals surface area contributed by atoms with E-state index in [1.165, 1.54) is 5.56 Å². The van der Waals surface area contributed by atoms with Crippen LogP contribution in [-0.2, 0) is 0 Å². The molecule has 8 aromatic carbocycles. The summed E-state index contributed by atoms with van der Waals surface area (Å²) in [6.07, 6.45) is -0.376. The summed E-state index contributed by atoms with van der Waals surface area (Å²) in [6, 6.07) is 63.1. The molecule has 256 valence electrons. The number of para-hydroxylation sites is 3. The van der Waals surface area contributed by atoms with E-state index in [-0.39, 0.29) is 6.23 Å². The molecule has 2 aromatic heterocycles. The van der Waals surface area contributed by atoms with Crippen LogP contribution >= 0.6 is 0 Å². The van der Waals surface area contributed by atoms with Crippen LogP contribution in [0.3, 0.4) is 0 Å². The van der Waals surface area contributed by atoms with Gasteiger partial charge in [-0.2, -0.15) is 0 Å². The Labute approximate surface area is 311 Å². The summed E-state index contributed by atoms with van der Waals surface area (Å²) in [5, 5.41) is 8.01. The Hall–Kier alpha value is -7.24. The summed E-state index contributed by atoms with van der Waals surface area (Å²) >= 11 is 0. The first-order valence-corrected chi connectivity index (χ1v) is 18.2. The molecule has 0 saturated carbocycles. The Morgan fingerprint density at radius 2 is 1.11 bits per heavy atom. The van der Waals surface area contributed by atoms with Crippen molar-refractivity contribution in [3.8, 4) is 28.0 Å². The number of hydrogen-bond donors (Lipinski definition) is 1. The number of nitrogens with zero attached hydrogens (tertiary/aromatic N) is 1. The maximum atomic E-state index is 6.96. The van der Waals surface area contributed by atoms with Gasteiger partial charge in [0.15, 0.2) is 12.0 Å². The number of ether oxygens (including phenoxy) is 1. The van der Waals surface area contributed by atoms with Gasteiger partial charge in [0.25, 0.3) is 0 Å². The molecule has 5 heteroatoms. The van der Waals surface area contributed by atoms with Crippen molar-refractivity contribution in [2.45, 2.75) is 6.23 Å². The predicted octanol–water partition coefficient (Wildman–Crippen LogP) is 13.8. The molecule has 1 N–H and O–H groups in total. The minimum atomic E-state index is -0.376. The average molecular weight is 697 g/mol. The monoisotopic (exact) mass is 696 g/mol. The third-order valence-corrected chi connectivity index (χ3v) is 10.5. The molecule has 0 aliphatic carbocycles. The Morgan fingerprint density at radius 3 is 1.93 bits per heavy atom. The molecule has 1 aliphatic heterocycles. The van der Waals surface area contributed by atoms with Crippen LogP contribution in [-0.4, -0.2) is 0 Å². The molecule has 1 aliphatic rings. The summed E-state index contributed by atoms with van der Waals surface area (Å²) in [7, 11) is 0. The standard InChI is InChI=1S/C49H32N2O3/c1-3-13-31(14-4-1)32-25-27-35(28-26-32)51(36-18-11-17-34(29-36)37-21-12-22-39-38-19-7-9-23-42(38)53-47(37)39)41-30-44-45(40-20-8-10-24-43(40)52-44)46-48(41)54-49(50-46)33-15-5-2-6-16-33/h1-30,49-50H. The second-order valence-electron chi connectivity index (χ2n) is 13.7. The van der Waals surface area contributed by atoms with Gasteiger partial charge in [0.2, 0.25) is 0 Å². The van der Waals surface area contributed by atoms with E-state index >= 15 is 0 Å². The number of hydrogen-bond acceptors (Lipinski definition) is 5. The van der Waals surface area contributed by atoms with Crippen molar-refractivity contribution in [2.75, 3.05) is 10.2 Å². The number of anilines is 4. The highest BCUT2D eigenvalue weighted by atomic mass is 16.5. The van der Waals surface area contributed by atoms with Crippen LogP contribution in [0.1, 0.15) is 11.8 Å². The van der Waals surface area contributed by atoms with E-state index in [2.05, 4.69) is 144 Å². The lowest BCUT2D eigenvalue weighted by Crippen LogP contribution is -2.12. The average Bonchev–Trinajstić information content (AvgIpc) is 3.96. The van der Waals surface area contributed by atoms with Crippen molar-refractivity contribution in [1.29, 1.82) is 0 Å². The SMILES string of the molecule is c1ccc(-c2ccc(N(c3cccc(-c4cccc5c4oc4ccccc45)c3)c3cc4oc5ccccc5c4c4c3OC(c3ccccc3)N4)cc2)cc1. The van der Waals surface area contributed by atoms with Gasteiger partial charge in [0.05, 0.1) is 16.8 Å². The Balaban J connectivity index is 1.14. The fraction of sp³-hybridized carbons (Fsp3) is 0.0204. The van der Waals surface area contributed by atoms with Gasteiger partial charge in [-0.1, -0.05) is 140 Å². The molecule has 0 saturated heterocycles. The van der Waals surface area contributed by atoms with Crippen LogP contribution in [0.2, 0.25) is 0 Å². The molecule has 54 heavy (non-hydrogen) atoms. The molecule has 0 radical (unpaired) electrons. The van der Waals surface area contributed by atoms with E-state index in [1.807, 2.05) is 48.5 Å². The molecular weight excluding hydrogens is 665 g/mol. The predicted molar refractivity (Wildman–Crippen MR) is 220 cm³/mol. The maximum Gasteiger partial charge on any atom is 0.196 e. The van der Waals surface area contributed by atoms with E-state index in [0.29, 0.717) is 0 Å². The van der Waals surface area contributed by atoms with Crippen LogP contribution in [0.5, 0.6) is 5.75 Å². The van der Waals surface area contributed by atoms with Crippen molar-refractivity contribution in [1.82, 2.24) is 0 Å². The molecule has 0 fully saturated rings. The largest absolute Gasteiger partial charge is 0.462 e. The quantitative estimate of drug-likeness (QED) is 0.188. The van der Waals surface area contributed by atoms with E-state index in [4.69, 9.17) is 13.6 Å². The third kappa shape index (κ3) is 4.86. The summed E-state index contributed by atoms with van der Waals surface area (Å²) < 4.78 is 20.1. The highest BCUT2D eigenvalue weighted by molar-refractivity contribution is 6.16.